The second-order valence-electron chi connectivity index (χ2n) is 4.53. The van der Waals surface area contributed by atoms with Gasteiger partial charge in [0.25, 0.3) is 11.8 Å². The fourth-order valence-electron chi connectivity index (χ4n) is 2.26. The normalized spacial score (nSPS) is 13.9. The van der Waals surface area contributed by atoms with Gasteiger partial charge >= 0.3 is 0 Å². The molecule has 1 aliphatic heterocycles. The molecular weight excluding hydrogens is 404 g/mol. The van der Waals surface area contributed by atoms with Crippen molar-refractivity contribution in [1.82, 2.24) is 19.7 Å². The fourth-order valence-corrected chi connectivity index (χ4v) is 3.28. The average Bonchev–Trinajstić information content (AvgIpc) is 2.91. The number of aryl methyl sites for hydroxylation is 1. The Balaban J connectivity index is 1.66. The lowest BCUT2D eigenvalue weighted by atomic mass is 10.1. The van der Waals surface area contributed by atoms with Crippen LogP contribution in [0.3, 0.4) is 0 Å². The Morgan fingerprint density at radius 3 is 2.14 bits per heavy atom. The summed E-state index contributed by atoms with van der Waals surface area (Å²) < 4.78 is 2.77. The fraction of sp³-hybridized carbons (Fsp3) is 0.231. The molecule has 3 rings (SSSR count). The monoisotopic (exact) mass is 412 g/mol. The number of aromatic nitrogens is 3. The van der Waals surface area contributed by atoms with E-state index in [4.69, 9.17) is 0 Å². The first-order chi connectivity index (χ1) is 10.1. The lowest BCUT2D eigenvalue weighted by molar-refractivity contribution is 0.0650. The van der Waals surface area contributed by atoms with Gasteiger partial charge in [0.15, 0.2) is 4.73 Å². The van der Waals surface area contributed by atoms with Gasteiger partial charge in [-0.05, 0) is 50.4 Å². The molecule has 21 heavy (non-hydrogen) atoms. The number of rotatable bonds is 4. The second-order valence-corrected chi connectivity index (χ2v) is 5.95. The highest BCUT2D eigenvalue weighted by atomic mass is 79.9. The van der Waals surface area contributed by atoms with Crippen LogP contribution in [0.2, 0.25) is 0 Å². The molecule has 0 saturated carbocycles. The number of hydrogen-bond acceptors (Lipinski definition) is 4. The predicted octanol–water partition coefficient (Wildman–Crippen LogP) is 2.49. The second kappa shape index (κ2) is 5.69. The Morgan fingerprint density at radius 1 is 1.00 bits per heavy atom. The number of benzene rings is 1. The van der Waals surface area contributed by atoms with E-state index in [1.807, 2.05) is 0 Å². The van der Waals surface area contributed by atoms with E-state index in [1.165, 1.54) is 4.90 Å². The molecule has 108 valence electrons. The van der Waals surface area contributed by atoms with Crippen LogP contribution in [0.15, 0.2) is 33.7 Å². The molecular formula is C13H10Br2N4O2. The first-order valence-corrected chi connectivity index (χ1v) is 7.87. The van der Waals surface area contributed by atoms with Crippen LogP contribution >= 0.6 is 31.9 Å². The van der Waals surface area contributed by atoms with Crippen molar-refractivity contribution in [3.05, 3.63) is 44.9 Å². The minimum atomic E-state index is -0.227. The number of imide groups is 1. The van der Waals surface area contributed by atoms with Gasteiger partial charge in [-0.15, -0.1) is 5.10 Å². The van der Waals surface area contributed by atoms with Gasteiger partial charge < -0.3 is 0 Å². The Morgan fingerprint density at radius 2 is 1.62 bits per heavy atom. The van der Waals surface area contributed by atoms with E-state index in [9.17, 15) is 9.59 Å². The number of halogens is 2. The quantitative estimate of drug-likeness (QED) is 0.722. The molecule has 1 aliphatic rings. The molecule has 0 aliphatic carbocycles. The van der Waals surface area contributed by atoms with Crippen molar-refractivity contribution in [1.29, 1.82) is 0 Å². The van der Waals surface area contributed by atoms with Gasteiger partial charge in [0.2, 0.25) is 4.73 Å². The van der Waals surface area contributed by atoms with Crippen LogP contribution in [0, 0.1) is 0 Å². The zero-order chi connectivity index (χ0) is 15.0. The van der Waals surface area contributed by atoms with Crippen LogP contribution < -0.4 is 0 Å². The summed E-state index contributed by atoms with van der Waals surface area (Å²) in [5, 5.41) is 4.14. The van der Waals surface area contributed by atoms with Crippen molar-refractivity contribution in [3.8, 4) is 0 Å². The summed E-state index contributed by atoms with van der Waals surface area (Å²) in [5.74, 6) is -0.455. The highest BCUT2D eigenvalue weighted by Gasteiger charge is 2.34. The highest BCUT2D eigenvalue weighted by molar-refractivity contribution is 9.11. The van der Waals surface area contributed by atoms with E-state index >= 15 is 0 Å². The van der Waals surface area contributed by atoms with Crippen LogP contribution in [-0.4, -0.2) is 38.0 Å². The summed E-state index contributed by atoms with van der Waals surface area (Å²) in [6, 6.07) is 6.89. The number of amides is 2. The molecule has 0 spiro atoms. The van der Waals surface area contributed by atoms with Crippen molar-refractivity contribution in [2.45, 2.75) is 13.0 Å². The van der Waals surface area contributed by atoms with E-state index < -0.39 is 0 Å². The summed E-state index contributed by atoms with van der Waals surface area (Å²) >= 11 is 6.48. The molecule has 2 amide bonds. The Labute approximate surface area is 137 Å². The van der Waals surface area contributed by atoms with Gasteiger partial charge in [-0.25, -0.2) is 4.68 Å². The number of fused-ring (bicyclic) bond motifs is 1. The topological polar surface area (TPSA) is 68.1 Å². The number of hydrogen-bond donors (Lipinski definition) is 0. The Hall–Kier alpha value is -1.54. The van der Waals surface area contributed by atoms with Crippen molar-refractivity contribution >= 4 is 43.7 Å². The minimum Gasteiger partial charge on any atom is -0.274 e. The molecule has 0 N–H and O–H groups in total. The minimum absolute atomic E-state index is 0.227. The summed E-state index contributed by atoms with van der Waals surface area (Å²) in [6.07, 6.45) is 0.611. The van der Waals surface area contributed by atoms with Crippen LogP contribution in [0.5, 0.6) is 0 Å². The average molecular weight is 414 g/mol. The van der Waals surface area contributed by atoms with Gasteiger partial charge in [0, 0.05) is 13.1 Å². The van der Waals surface area contributed by atoms with Gasteiger partial charge in [-0.1, -0.05) is 12.1 Å². The molecule has 1 aromatic carbocycles. The van der Waals surface area contributed by atoms with Crippen molar-refractivity contribution in [2.75, 3.05) is 6.54 Å². The summed E-state index contributed by atoms with van der Waals surface area (Å²) in [4.78, 5) is 29.7. The molecule has 1 aromatic heterocycles. The lowest BCUT2D eigenvalue weighted by Gasteiger charge is -2.13. The third kappa shape index (κ3) is 2.65. The van der Waals surface area contributed by atoms with E-state index in [0.717, 1.165) is 0 Å². The first kappa shape index (κ1) is 14.4. The van der Waals surface area contributed by atoms with Crippen molar-refractivity contribution in [3.63, 3.8) is 0 Å². The van der Waals surface area contributed by atoms with Gasteiger partial charge in [-0.2, -0.15) is 4.98 Å². The van der Waals surface area contributed by atoms with Crippen LogP contribution in [0.4, 0.5) is 0 Å². The number of carbonyl (C=O) groups is 2. The third-order valence-corrected chi connectivity index (χ3v) is 4.15. The molecule has 2 heterocycles. The van der Waals surface area contributed by atoms with E-state index in [1.54, 1.807) is 28.9 Å². The van der Waals surface area contributed by atoms with E-state index in [0.29, 0.717) is 40.1 Å². The predicted molar refractivity (Wildman–Crippen MR) is 81.8 cm³/mol. The van der Waals surface area contributed by atoms with E-state index in [2.05, 4.69) is 41.9 Å². The highest BCUT2D eigenvalue weighted by Crippen LogP contribution is 2.22. The molecule has 2 aromatic rings. The van der Waals surface area contributed by atoms with Gasteiger partial charge in [0.1, 0.15) is 0 Å². The Bertz CT molecular complexity index is 694. The summed E-state index contributed by atoms with van der Waals surface area (Å²) in [7, 11) is 0. The van der Waals surface area contributed by atoms with E-state index in [-0.39, 0.29) is 11.8 Å². The molecule has 0 bridgehead atoms. The maximum absolute atomic E-state index is 12.2. The lowest BCUT2D eigenvalue weighted by Crippen LogP contribution is -2.31. The standard InChI is InChI=1S/C13H10Br2N4O2/c14-12-16-13(15)19(17-12)7-3-6-18-10(20)8-4-1-2-5-9(8)11(18)21/h1-2,4-5H,3,6-7H2. The molecule has 0 unspecified atom stereocenters. The maximum Gasteiger partial charge on any atom is 0.261 e. The molecule has 0 atom stereocenters. The summed E-state index contributed by atoms with van der Waals surface area (Å²) in [5.41, 5.74) is 0.958. The molecule has 8 heteroatoms. The molecule has 0 saturated heterocycles. The summed E-state index contributed by atoms with van der Waals surface area (Å²) in [6.45, 7) is 0.919. The SMILES string of the molecule is O=C1c2ccccc2C(=O)N1CCCn1nc(Br)nc1Br. The van der Waals surface area contributed by atoms with Gasteiger partial charge in [-0.3, -0.25) is 14.5 Å². The Kier molecular flexibility index (Phi) is 3.90. The molecule has 0 fully saturated rings. The van der Waals surface area contributed by atoms with Crippen LogP contribution in [-0.2, 0) is 6.54 Å². The maximum atomic E-state index is 12.2. The third-order valence-electron chi connectivity index (χ3n) is 3.23. The smallest absolute Gasteiger partial charge is 0.261 e. The van der Waals surface area contributed by atoms with Crippen molar-refractivity contribution < 1.29 is 9.59 Å². The van der Waals surface area contributed by atoms with Crippen molar-refractivity contribution in [2.24, 2.45) is 0 Å². The zero-order valence-electron chi connectivity index (χ0n) is 10.8. The van der Waals surface area contributed by atoms with Crippen LogP contribution in [0.1, 0.15) is 27.1 Å². The molecule has 0 radical (unpaired) electrons. The number of carbonyl (C=O) groups excluding carboxylic acids is 2. The number of nitrogens with zero attached hydrogens (tertiary/aromatic N) is 4. The van der Waals surface area contributed by atoms with Crippen LogP contribution in [0.25, 0.3) is 0 Å². The zero-order valence-corrected chi connectivity index (χ0v) is 14.0. The molecule has 6 nitrogen and oxygen atoms in total. The first-order valence-electron chi connectivity index (χ1n) is 6.29. The largest absolute Gasteiger partial charge is 0.274 e. The van der Waals surface area contributed by atoms with Gasteiger partial charge in [0.05, 0.1) is 11.1 Å².